The van der Waals surface area contributed by atoms with Crippen molar-refractivity contribution in [1.82, 2.24) is 9.97 Å². The van der Waals surface area contributed by atoms with Gasteiger partial charge in [-0.25, -0.2) is 4.98 Å². The Balaban J connectivity index is 1.87. The number of ether oxygens (including phenoxy) is 1. The second-order valence-corrected chi connectivity index (χ2v) is 5.52. The van der Waals surface area contributed by atoms with Crippen molar-refractivity contribution in [3.8, 4) is 5.75 Å². The van der Waals surface area contributed by atoms with Crippen molar-refractivity contribution in [2.75, 3.05) is 36.6 Å². The van der Waals surface area contributed by atoms with Gasteiger partial charge in [0.15, 0.2) is 0 Å². The summed E-state index contributed by atoms with van der Waals surface area (Å²) in [5.74, 6) is 1.97. The molecule has 0 fully saturated rings. The topological polar surface area (TPSA) is 105 Å². The first-order valence-electron chi connectivity index (χ1n) is 7.98. The number of nitrogens with zero attached hydrogens (tertiary/aromatic N) is 2. The largest absolute Gasteiger partial charge is 0.497 e. The van der Waals surface area contributed by atoms with Crippen LogP contribution in [0.15, 0.2) is 42.5 Å². The van der Waals surface area contributed by atoms with Crippen molar-refractivity contribution in [2.24, 2.45) is 0 Å². The minimum absolute atomic E-state index is 0.0117. The van der Waals surface area contributed by atoms with Crippen LogP contribution >= 0.6 is 0 Å². The maximum atomic E-state index is 8.98. The van der Waals surface area contributed by atoms with Crippen molar-refractivity contribution in [3.63, 3.8) is 0 Å². The second-order valence-electron chi connectivity index (χ2n) is 5.52. The van der Waals surface area contributed by atoms with Crippen LogP contribution in [0.25, 0.3) is 10.9 Å². The Hall–Kier alpha value is -3.06. The number of hydrogen-bond acceptors (Lipinski definition) is 7. The van der Waals surface area contributed by atoms with E-state index in [0.717, 1.165) is 22.2 Å². The Bertz CT molecular complexity index is 852. The summed E-state index contributed by atoms with van der Waals surface area (Å²) in [5.41, 5.74) is 8.43. The summed E-state index contributed by atoms with van der Waals surface area (Å²) in [5, 5.41) is 16.2. The summed E-state index contributed by atoms with van der Waals surface area (Å²) in [4.78, 5) is 8.95. The molecule has 3 aromatic rings. The van der Waals surface area contributed by atoms with E-state index >= 15 is 0 Å². The van der Waals surface area contributed by atoms with Gasteiger partial charge in [0, 0.05) is 24.2 Å². The molecule has 0 bridgehead atoms. The summed E-state index contributed by atoms with van der Waals surface area (Å²) in [7, 11) is 1.64. The molecule has 0 aliphatic heterocycles. The first kappa shape index (κ1) is 16.8. The third-order valence-corrected chi connectivity index (χ3v) is 3.73. The Kier molecular flexibility index (Phi) is 5.15. The average Bonchev–Trinajstić information content (AvgIpc) is 2.65. The fourth-order valence-corrected chi connectivity index (χ4v) is 2.46. The molecule has 0 amide bonds. The quantitative estimate of drug-likeness (QED) is 0.489. The van der Waals surface area contributed by atoms with Crippen LogP contribution in [-0.4, -0.2) is 35.3 Å². The lowest BCUT2D eigenvalue weighted by Crippen LogP contribution is -2.11. The summed E-state index contributed by atoms with van der Waals surface area (Å²) in [6, 6.07) is 13.3. The molecule has 7 heteroatoms. The molecule has 0 saturated carbocycles. The van der Waals surface area contributed by atoms with E-state index in [1.165, 1.54) is 0 Å². The number of nitrogens with two attached hydrogens (primary N) is 1. The van der Waals surface area contributed by atoms with Crippen LogP contribution in [0.5, 0.6) is 5.75 Å². The van der Waals surface area contributed by atoms with Gasteiger partial charge in [-0.15, -0.1) is 0 Å². The minimum atomic E-state index is 0.0117. The van der Waals surface area contributed by atoms with Gasteiger partial charge in [-0.05, 0) is 35.9 Å². The van der Waals surface area contributed by atoms with E-state index in [0.29, 0.717) is 30.5 Å². The monoisotopic (exact) mass is 339 g/mol. The van der Waals surface area contributed by atoms with Crippen molar-refractivity contribution < 1.29 is 9.84 Å². The number of benzene rings is 2. The zero-order valence-corrected chi connectivity index (χ0v) is 14.0. The van der Waals surface area contributed by atoms with Gasteiger partial charge in [-0.3, -0.25) is 0 Å². The highest BCUT2D eigenvalue weighted by atomic mass is 16.5. The first-order valence-corrected chi connectivity index (χ1v) is 7.98. The standard InChI is InChI=1S/C18H21N5O2/c1-25-14-5-2-12(3-6-14)11-21-17-15-10-13(19)4-7-16(15)22-18(23-17)20-8-9-24/h2-7,10,24H,8-9,11,19H2,1H3,(H2,20,21,22,23). The Morgan fingerprint density at radius 2 is 1.88 bits per heavy atom. The van der Waals surface area contributed by atoms with E-state index in [9.17, 15) is 0 Å². The van der Waals surface area contributed by atoms with Gasteiger partial charge in [0.25, 0.3) is 0 Å². The van der Waals surface area contributed by atoms with E-state index < -0.39 is 0 Å². The van der Waals surface area contributed by atoms with Crippen LogP contribution in [0.4, 0.5) is 17.5 Å². The van der Waals surface area contributed by atoms with Gasteiger partial charge in [0.1, 0.15) is 11.6 Å². The lowest BCUT2D eigenvalue weighted by molar-refractivity contribution is 0.311. The van der Waals surface area contributed by atoms with E-state index in [-0.39, 0.29) is 6.61 Å². The molecule has 0 aliphatic rings. The van der Waals surface area contributed by atoms with E-state index in [2.05, 4.69) is 20.6 Å². The van der Waals surface area contributed by atoms with Gasteiger partial charge >= 0.3 is 0 Å². The Morgan fingerprint density at radius 3 is 2.60 bits per heavy atom. The Labute approximate surface area is 145 Å². The molecule has 25 heavy (non-hydrogen) atoms. The number of methoxy groups -OCH3 is 1. The lowest BCUT2D eigenvalue weighted by atomic mass is 10.2. The maximum absolute atomic E-state index is 8.98. The molecule has 0 saturated heterocycles. The summed E-state index contributed by atoms with van der Waals surface area (Å²) < 4.78 is 5.17. The lowest BCUT2D eigenvalue weighted by Gasteiger charge is -2.12. The number of nitrogen functional groups attached to an aromatic ring is 1. The van der Waals surface area contributed by atoms with E-state index in [4.69, 9.17) is 15.6 Å². The number of aliphatic hydroxyl groups is 1. The molecule has 2 aromatic carbocycles. The van der Waals surface area contributed by atoms with E-state index in [1.807, 2.05) is 36.4 Å². The van der Waals surface area contributed by atoms with Crippen LogP contribution in [0.3, 0.4) is 0 Å². The predicted octanol–water partition coefficient (Wildman–Crippen LogP) is 2.24. The highest BCUT2D eigenvalue weighted by Crippen LogP contribution is 2.25. The Morgan fingerprint density at radius 1 is 1.08 bits per heavy atom. The molecule has 0 aliphatic carbocycles. The fourth-order valence-electron chi connectivity index (χ4n) is 2.46. The maximum Gasteiger partial charge on any atom is 0.225 e. The molecule has 7 nitrogen and oxygen atoms in total. The van der Waals surface area contributed by atoms with Crippen LogP contribution in [0.2, 0.25) is 0 Å². The number of aliphatic hydroxyl groups excluding tert-OH is 1. The van der Waals surface area contributed by atoms with Crippen LogP contribution in [0.1, 0.15) is 5.56 Å². The zero-order valence-electron chi connectivity index (χ0n) is 14.0. The molecule has 5 N–H and O–H groups in total. The van der Waals surface area contributed by atoms with Crippen LogP contribution in [-0.2, 0) is 6.54 Å². The zero-order chi connectivity index (χ0) is 17.6. The molecule has 3 rings (SSSR count). The summed E-state index contributed by atoms with van der Waals surface area (Å²) in [6.45, 7) is 1.00. The van der Waals surface area contributed by atoms with Gasteiger partial charge in [0.05, 0.1) is 19.2 Å². The number of fused-ring (bicyclic) bond motifs is 1. The summed E-state index contributed by atoms with van der Waals surface area (Å²) in [6.07, 6.45) is 0. The molecule has 0 atom stereocenters. The SMILES string of the molecule is COc1ccc(CNc2nc(NCCO)nc3ccc(N)cc23)cc1. The number of nitrogens with one attached hydrogen (secondary N) is 2. The molecule has 0 radical (unpaired) electrons. The van der Waals surface area contributed by atoms with Gasteiger partial charge < -0.3 is 26.2 Å². The van der Waals surface area contributed by atoms with Crippen LogP contribution in [0, 0.1) is 0 Å². The average molecular weight is 339 g/mol. The number of anilines is 3. The minimum Gasteiger partial charge on any atom is -0.497 e. The van der Waals surface area contributed by atoms with Gasteiger partial charge in [-0.2, -0.15) is 4.98 Å². The normalized spacial score (nSPS) is 10.6. The van der Waals surface area contributed by atoms with Gasteiger partial charge in [-0.1, -0.05) is 12.1 Å². The highest BCUT2D eigenvalue weighted by molar-refractivity contribution is 5.92. The molecule has 0 unspecified atom stereocenters. The first-order chi connectivity index (χ1) is 12.2. The number of aromatic nitrogens is 2. The molecule has 0 spiro atoms. The predicted molar refractivity (Wildman–Crippen MR) is 99.8 cm³/mol. The van der Waals surface area contributed by atoms with Crippen molar-refractivity contribution >= 4 is 28.4 Å². The second kappa shape index (κ2) is 7.67. The van der Waals surface area contributed by atoms with Crippen molar-refractivity contribution in [1.29, 1.82) is 0 Å². The smallest absolute Gasteiger partial charge is 0.225 e. The summed E-state index contributed by atoms with van der Waals surface area (Å²) >= 11 is 0. The molecular weight excluding hydrogens is 318 g/mol. The van der Waals surface area contributed by atoms with Gasteiger partial charge in [0.2, 0.25) is 5.95 Å². The molecule has 130 valence electrons. The third-order valence-electron chi connectivity index (χ3n) is 3.73. The van der Waals surface area contributed by atoms with Crippen molar-refractivity contribution in [2.45, 2.75) is 6.54 Å². The van der Waals surface area contributed by atoms with Crippen molar-refractivity contribution in [3.05, 3.63) is 48.0 Å². The highest BCUT2D eigenvalue weighted by Gasteiger charge is 2.08. The molecule has 1 heterocycles. The van der Waals surface area contributed by atoms with E-state index in [1.54, 1.807) is 13.2 Å². The third kappa shape index (κ3) is 4.07. The number of hydrogen-bond donors (Lipinski definition) is 4. The molecule has 1 aromatic heterocycles. The number of rotatable bonds is 7. The fraction of sp³-hybridized carbons (Fsp3) is 0.222. The van der Waals surface area contributed by atoms with Crippen LogP contribution < -0.4 is 21.1 Å². The molecular formula is C18H21N5O2.